The third-order valence-electron chi connectivity index (χ3n) is 2.84. The van der Waals surface area contributed by atoms with Crippen molar-refractivity contribution in [2.75, 3.05) is 18.5 Å². The van der Waals surface area contributed by atoms with Gasteiger partial charge in [-0.25, -0.2) is 4.98 Å². The standard InChI is InChI=1S/C15H16BrN3O4/c1-3-22-13-6-5-11(8-14(13)23-4-2)18-15-12(19(20)21)7-10(16)9-17-15/h5-9H,3-4H2,1-2H3,(H,17,18). The van der Waals surface area contributed by atoms with Crippen molar-refractivity contribution in [3.05, 3.63) is 45.0 Å². The Kier molecular flexibility index (Phi) is 5.75. The van der Waals surface area contributed by atoms with Gasteiger partial charge >= 0.3 is 5.69 Å². The van der Waals surface area contributed by atoms with E-state index in [1.54, 1.807) is 18.2 Å². The molecule has 0 saturated heterocycles. The first-order valence-electron chi connectivity index (χ1n) is 7.01. The minimum absolute atomic E-state index is 0.119. The van der Waals surface area contributed by atoms with Gasteiger partial charge in [-0.05, 0) is 41.9 Å². The van der Waals surface area contributed by atoms with E-state index in [0.29, 0.717) is 34.9 Å². The topological polar surface area (TPSA) is 86.5 Å². The van der Waals surface area contributed by atoms with Crippen LogP contribution in [0.15, 0.2) is 34.9 Å². The number of halogens is 1. The van der Waals surface area contributed by atoms with E-state index in [9.17, 15) is 10.1 Å². The lowest BCUT2D eigenvalue weighted by atomic mass is 10.2. The van der Waals surface area contributed by atoms with Gasteiger partial charge in [-0.3, -0.25) is 10.1 Å². The number of nitrogens with one attached hydrogen (secondary N) is 1. The van der Waals surface area contributed by atoms with Crippen LogP contribution in [0.1, 0.15) is 13.8 Å². The highest BCUT2D eigenvalue weighted by atomic mass is 79.9. The average molecular weight is 382 g/mol. The quantitative estimate of drug-likeness (QED) is 0.568. The highest BCUT2D eigenvalue weighted by molar-refractivity contribution is 9.10. The molecule has 0 aliphatic rings. The van der Waals surface area contributed by atoms with E-state index in [1.165, 1.54) is 12.3 Å². The number of aromatic nitrogens is 1. The molecule has 1 aromatic carbocycles. The number of hydrogen-bond acceptors (Lipinski definition) is 6. The lowest BCUT2D eigenvalue weighted by molar-refractivity contribution is -0.384. The van der Waals surface area contributed by atoms with Gasteiger partial charge in [0.2, 0.25) is 5.82 Å². The highest BCUT2D eigenvalue weighted by Crippen LogP contribution is 2.33. The largest absolute Gasteiger partial charge is 0.490 e. The molecule has 0 radical (unpaired) electrons. The van der Waals surface area contributed by atoms with E-state index in [0.717, 1.165) is 0 Å². The van der Waals surface area contributed by atoms with Gasteiger partial charge in [-0.1, -0.05) is 0 Å². The maximum Gasteiger partial charge on any atom is 0.312 e. The summed E-state index contributed by atoms with van der Waals surface area (Å²) in [6.45, 7) is 4.76. The fourth-order valence-corrected chi connectivity index (χ4v) is 2.25. The fourth-order valence-electron chi connectivity index (χ4n) is 1.93. The van der Waals surface area contributed by atoms with Crippen LogP contribution in [0.3, 0.4) is 0 Å². The molecule has 1 aromatic heterocycles. The second kappa shape index (κ2) is 7.77. The van der Waals surface area contributed by atoms with Crippen molar-refractivity contribution in [1.29, 1.82) is 0 Å². The molecule has 2 rings (SSSR count). The zero-order chi connectivity index (χ0) is 16.8. The molecule has 0 spiro atoms. The molecule has 122 valence electrons. The van der Waals surface area contributed by atoms with E-state index in [2.05, 4.69) is 26.2 Å². The average Bonchev–Trinajstić information content (AvgIpc) is 2.52. The van der Waals surface area contributed by atoms with Crippen LogP contribution in [0.25, 0.3) is 0 Å². The summed E-state index contributed by atoms with van der Waals surface area (Å²) in [6.07, 6.45) is 1.49. The van der Waals surface area contributed by atoms with Crippen LogP contribution in [-0.2, 0) is 0 Å². The molecular formula is C15H16BrN3O4. The van der Waals surface area contributed by atoms with Gasteiger partial charge in [0.25, 0.3) is 0 Å². The van der Waals surface area contributed by atoms with E-state index in [1.807, 2.05) is 13.8 Å². The summed E-state index contributed by atoms with van der Waals surface area (Å²) >= 11 is 3.18. The van der Waals surface area contributed by atoms with Gasteiger partial charge in [0.1, 0.15) is 0 Å². The number of nitro groups is 1. The first-order valence-corrected chi connectivity index (χ1v) is 7.81. The molecule has 0 saturated carbocycles. The molecule has 0 amide bonds. The minimum Gasteiger partial charge on any atom is -0.490 e. The van der Waals surface area contributed by atoms with Gasteiger partial charge in [0.05, 0.1) is 18.1 Å². The summed E-state index contributed by atoms with van der Waals surface area (Å²) < 4.78 is 11.6. The first kappa shape index (κ1) is 17.0. The van der Waals surface area contributed by atoms with E-state index in [-0.39, 0.29) is 11.5 Å². The van der Waals surface area contributed by atoms with E-state index < -0.39 is 4.92 Å². The number of rotatable bonds is 7. The molecule has 0 fully saturated rings. The normalized spacial score (nSPS) is 10.2. The monoisotopic (exact) mass is 381 g/mol. The third kappa shape index (κ3) is 4.32. The van der Waals surface area contributed by atoms with E-state index >= 15 is 0 Å². The van der Waals surface area contributed by atoms with Crippen molar-refractivity contribution in [3.8, 4) is 11.5 Å². The first-order chi connectivity index (χ1) is 11.0. The van der Waals surface area contributed by atoms with Crippen LogP contribution in [-0.4, -0.2) is 23.1 Å². The van der Waals surface area contributed by atoms with Crippen LogP contribution in [0.2, 0.25) is 0 Å². The molecule has 0 bridgehead atoms. The summed E-state index contributed by atoms with van der Waals surface area (Å²) in [5.41, 5.74) is 0.501. The molecular weight excluding hydrogens is 366 g/mol. The van der Waals surface area contributed by atoms with Crippen LogP contribution in [0.5, 0.6) is 11.5 Å². The molecule has 0 aliphatic carbocycles. The number of nitrogens with zero attached hydrogens (tertiary/aromatic N) is 2. The SMILES string of the molecule is CCOc1ccc(Nc2ncc(Br)cc2[N+](=O)[O-])cc1OCC. The minimum atomic E-state index is -0.488. The van der Waals surface area contributed by atoms with Crippen LogP contribution >= 0.6 is 15.9 Å². The van der Waals surface area contributed by atoms with Gasteiger partial charge in [0, 0.05) is 28.5 Å². The molecule has 0 aliphatic heterocycles. The Morgan fingerprint density at radius 2 is 1.91 bits per heavy atom. The van der Waals surface area contributed by atoms with Crippen LogP contribution < -0.4 is 14.8 Å². The van der Waals surface area contributed by atoms with Gasteiger partial charge < -0.3 is 14.8 Å². The van der Waals surface area contributed by atoms with Gasteiger partial charge in [0.15, 0.2) is 11.5 Å². The molecule has 0 unspecified atom stereocenters. The Morgan fingerprint density at radius 1 is 1.22 bits per heavy atom. The van der Waals surface area contributed by atoms with Crippen LogP contribution in [0, 0.1) is 10.1 Å². The molecule has 1 heterocycles. The van der Waals surface area contributed by atoms with Gasteiger partial charge in [-0.15, -0.1) is 0 Å². The van der Waals surface area contributed by atoms with Crippen molar-refractivity contribution in [2.45, 2.75) is 13.8 Å². The third-order valence-corrected chi connectivity index (χ3v) is 3.27. The van der Waals surface area contributed by atoms with Crippen molar-refractivity contribution in [1.82, 2.24) is 4.98 Å². The van der Waals surface area contributed by atoms with Crippen molar-refractivity contribution in [2.24, 2.45) is 0 Å². The summed E-state index contributed by atoms with van der Waals surface area (Å²) in [5.74, 6) is 1.35. The number of benzene rings is 1. The number of hydrogen-bond donors (Lipinski definition) is 1. The van der Waals surface area contributed by atoms with Crippen LogP contribution in [0.4, 0.5) is 17.2 Å². The van der Waals surface area contributed by atoms with E-state index in [4.69, 9.17) is 9.47 Å². The molecule has 0 atom stereocenters. The summed E-state index contributed by atoms with van der Waals surface area (Å²) in [5, 5.41) is 14.1. The maximum absolute atomic E-state index is 11.1. The number of ether oxygens (including phenoxy) is 2. The smallest absolute Gasteiger partial charge is 0.312 e. The lowest BCUT2D eigenvalue weighted by Gasteiger charge is -2.13. The zero-order valence-electron chi connectivity index (χ0n) is 12.7. The van der Waals surface area contributed by atoms with Gasteiger partial charge in [-0.2, -0.15) is 0 Å². The number of pyridine rings is 1. The molecule has 8 heteroatoms. The molecule has 7 nitrogen and oxygen atoms in total. The summed E-state index contributed by atoms with van der Waals surface area (Å²) in [4.78, 5) is 14.7. The number of anilines is 2. The predicted octanol–water partition coefficient (Wildman–Crippen LogP) is 4.29. The lowest BCUT2D eigenvalue weighted by Crippen LogP contribution is -2.02. The maximum atomic E-state index is 11.1. The second-order valence-electron chi connectivity index (χ2n) is 4.43. The van der Waals surface area contributed by atoms with Crippen molar-refractivity contribution >= 4 is 33.1 Å². The Balaban J connectivity index is 2.33. The summed E-state index contributed by atoms with van der Waals surface area (Å²) in [7, 11) is 0. The Labute approximate surface area is 141 Å². The molecule has 1 N–H and O–H groups in total. The van der Waals surface area contributed by atoms with Crippen molar-refractivity contribution in [3.63, 3.8) is 0 Å². The molecule has 23 heavy (non-hydrogen) atoms. The van der Waals surface area contributed by atoms with Crippen molar-refractivity contribution < 1.29 is 14.4 Å². The Hall–Kier alpha value is -2.35. The Morgan fingerprint density at radius 3 is 2.57 bits per heavy atom. The zero-order valence-corrected chi connectivity index (χ0v) is 14.3. The Bertz CT molecular complexity index is 709. The molecule has 2 aromatic rings. The second-order valence-corrected chi connectivity index (χ2v) is 5.35. The fraction of sp³-hybridized carbons (Fsp3) is 0.267. The summed E-state index contributed by atoms with van der Waals surface area (Å²) in [6, 6.07) is 6.62. The predicted molar refractivity (Wildman–Crippen MR) is 90.7 cm³/mol. The highest BCUT2D eigenvalue weighted by Gasteiger charge is 2.17.